The van der Waals surface area contributed by atoms with Crippen molar-refractivity contribution >= 4 is 40.4 Å². The summed E-state index contributed by atoms with van der Waals surface area (Å²) in [6.45, 7) is 4.59. The molecule has 0 saturated heterocycles. The van der Waals surface area contributed by atoms with Crippen molar-refractivity contribution in [2.45, 2.75) is 26.2 Å². The standard InChI is InChI=1S/C15H16Cl2N2OS/c1-9(2)12-7-10(8-13(16)19-12)15(20)18-6-5-11-3-4-14(17)21-11/h3-4,7-9H,5-6H2,1-2H3,(H,18,20). The molecular formula is C15H16Cl2N2OS. The van der Waals surface area contributed by atoms with E-state index in [0.29, 0.717) is 17.3 Å². The fourth-order valence-corrected chi connectivity index (χ4v) is 3.13. The first-order valence-corrected chi connectivity index (χ1v) is 8.23. The highest BCUT2D eigenvalue weighted by atomic mass is 35.5. The topological polar surface area (TPSA) is 42.0 Å². The van der Waals surface area contributed by atoms with Gasteiger partial charge in [0.1, 0.15) is 5.15 Å². The highest BCUT2D eigenvalue weighted by Crippen LogP contribution is 2.21. The van der Waals surface area contributed by atoms with Crippen molar-refractivity contribution in [1.82, 2.24) is 10.3 Å². The van der Waals surface area contributed by atoms with Crippen molar-refractivity contribution in [3.63, 3.8) is 0 Å². The molecule has 0 fully saturated rings. The summed E-state index contributed by atoms with van der Waals surface area (Å²) in [7, 11) is 0. The van der Waals surface area contributed by atoms with Gasteiger partial charge in [-0.3, -0.25) is 4.79 Å². The third-order valence-electron chi connectivity index (χ3n) is 2.95. The summed E-state index contributed by atoms with van der Waals surface area (Å²) in [5.41, 5.74) is 1.36. The molecule has 1 N–H and O–H groups in total. The molecule has 21 heavy (non-hydrogen) atoms. The van der Waals surface area contributed by atoms with E-state index in [-0.39, 0.29) is 11.8 Å². The normalized spacial score (nSPS) is 10.9. The fourth-order valence-electron chi connectivity index (χ4n) is 1.83. The maximum atomic E-state index is 12.1. The van der Waals surface area contributed by atoms with E-state index in [0.717, 1.165) is 21.3 Å². The third kappa shape index (κ3) is 4.70. The number of carbonyl (C=O) groups is 1. The Bertz CT molecular complexity index is 640. The summed E-state index contributed by atoms with van der Waals surface area (Å²) in [6, 6.07) is 7.21. The molecule has 0 aliphatic carbocycles. The molecule has 2 aromatic rings. The number of rotatable bonds is 5. The van der Waals surface area contributed by atoms with Gasteiger partial charge in [-0.05, 0) is 36.6 Å². The molecule has 0 aliphatic rings. The van der Waals surface area contributed by atoms with E-state index in [1.807, 2.05) is 26.0 Å². The maximum Gasteiger partial charge on any atom is 0.251 e. The minimum Gasteiger partial charge on any atom is -0.352 e. The summed E-state index contributed by atoms with van der Waals surface area (Å²) < 4.78 is 0.763. The zero-order valence-electron chi connectivity index (χ0n) is 11.8. The van der Waals surface area contributed by atoms with E-state index in [1.54, 1.807) is 12.1 Å². The van der Waals surface area contributed by atoms with Crippen LogP contribution >= 0.6 is 34.5 Å². The fraction of sp³-hybridized carbons (Fsp3) is 0.333. The van der Waals surface area contributed by atoms with Gasteiger partial charge in [-0.2, -0.15) is 0 Å². The van der Waals surface area contributed by atoms with Gasteiger partial charge in [0, 0.05) is 22.7 Å². The number of halogens is 2. The van der Waals surface area contributed by atoms with Gasteiger partial charge < -0.3 is 5.32 Å². The van der Waals surface area contributed by atoms with Crippen LogP contribution in [0.5, 0.6) is 0 Å². The lowest BCUT2D eigenvalue weighted by Crippen LogP contribution is -2.25. The van der Waals surface area contributed by atoms with Crippen LogP contribution in [0.2, 0.25) is 9.49 Å². The highest BCUT2D eigenvalue weighted by Gasteiger charge is 2.11. The molecule has 2 aromatic heterocycles. The van der Waals surface area contributed by atoms with E-state index in [2.05, 4.69) is 10.3 Å². The average Bonchev–Trinajstić information content (AvgIpc) is 2.83. The second-order valence-corrected chi connectivity index (χ2v) is 7.16. The molecule has 2 heterocycles. The molecular weight excluding hydrogens is 327 g/mol. The van der Waals surface area contributed by atoms with Gasteiger partial charge in [-0.1, -0.05) is 37.0 Å². The first-order valence-electron chi connectivity index (χ1n) is 6.65. The first-order chi connectivity index (χ1) is 9.95. The van der Waals surface area contributed by atoms with Crippen LogP contribution in [0, 0.1) is 0 Å². The Kier molecular flexibility index (Phi) is 5.62. The zero-order valence-corrected chi connectivity index (χ0v) is 14.1. The van der Waals surface area contributed by atoms with Crippen molar-refractivity contribution in [2.24, 2.45) is 0 Å². The van der Waals surface area contributed by atoms with Crippen molar-refractivity contribution in [3.8, 4) is 0 Å². The smallest absolute Gasteiger partial charge is 0.251 e. The third-order valence-corrected chi connectivity index (χ3v) is 4.44. The van der Waals surface area contributed by atoms with Crippen LogP contribution in [0.25, 0.3) is 0 Å². The summed E-state index contributed by atoms with van der Waals surface area (Å²) in [4.78, 5) is 17.5. The molecule has 0 saturated carbocycles. The molecule has 0 aromatic carbocycles. The van der Waals surface area contributed by atoms with Gasteiger partial charge in [0.15, 0.2) is 0 Å². The molecule has 1 amide bonds. The zero-order chi connectivity index (χ0) is 15.4. The molecule has 112 valence electrons. The van der Waals surface area contributed by atoms with Crippen LogP contribution in [0.3, 0.4) is 0 Å². The number of thiophene rings is 1. The SMILES string of the molecule is CC(C)c1cc(C(=O)NCCc2ccc(Cl)s2)cc(Cl)n1. The van der Waals surface area contributed by atoms with E-state index in [4.69, 9.17) is 23.2 Å². The van der Waals surface area contributed by atoms with Crippen molar-refractivity contribution in [3.05, 3.63) is 49.9 Å². The molecule has 0 spiro atoms. The predicted octanol–water partition coefficient (Wildman–Crippen LogP) is 4.55. The quantitative estimate of drug-likeness (QED) is 0.810. The van der Waals surface area contributed by atoms with Gasteiger partial charge in [0.05, 0.1) is 4.34 Å². The number of amides is 1. The first kappa shape index (κ1) is 16.3. The Morgan fingerprint density at radius 2 is 2.10 bits per heavy atom. The van der Waals surface area contributed by atoms with E-state index in [1.165, 1.54) is 11.3 Å². The summed E-state index contributed by atoms with van der Waals surface area (Å²) in [5.74, 6) is 0.0902. The lowest BCUT2D eigenvalue weighted by molar-refractivity contribution is 0.0954. The highest BCUT2D eigenvalue weighted by molar-refractivity contribution is 7.16. The lowest BCUT2D eigenvalue weighted by atomic mass is 10.1. The lowest BCUT2D eigenvalue weighted by Gasteiger charge is -2.09. The number of nitrogens with zero attached hydrogens (tertiary/aromatic N) is 1. The van der Waals surface area contributed by atoms with Gasteiger partial charge in [-0.15, -0.1) is 11.3 Å². The number of hydrogen-bond donors (Lipinski definition) is 1. The van der Waals surface area contributed by atoms with Crippen molar-refractivity contribution < 1.29 is 4.79 Å². The van der Waals surface area contributed by atoms with Gasteiger partial charge >= 0.3 is 0 Å². The van der Waals surface area contributed by atoms with Gasteiger partial charge in [-0.25, -0.2) is 4.98 Å². The minimum atomic E-state index is -0.135. The van der Waals surface area contributed by atoms with Crippen LogP contribution < -0.4 is 5.32 Å². The molecule has 0 atom stereocenters. The summed E-state index contributed by atoms with van der Waals surface area (Å²) >= 11 is 13.4. The van der Waals surface area contributed by atoms with Gasteiger partial charge in [0.2, 0.25) is 0 Å². The molecule has 6 heteroatoms. The largest absolute Gasteiger partial charge is 0.352 e. The molecule has 2 rings (SSSR count). The van der Waals surface area contributed by atoms with E-state index >= 15 is 0 Å². The van der Waals surface area contributed by atoms with Crippen LogP contribution in [-0.2, 0) is 6.42 Å². The number of aromatic nitrogens is 1. The Hall–Kier alpha value is -1.10. The number of hydrogen-bond acceptors (Lipinski definition) is 3. The molecule has 0 aliphatic heterocycles. The van der Waals surface area contributed by atoms with Crippen molar-refractivity contribution in [1.29, 1.82) is 0 Å². The Morgan fingerprint density at radius 3 is 2.71 bits per heavy atom. The number of carbonyl (C=O) groups excluding carboxylic acids is 1. The molecule has 0 unspecified atom stereocenters. The summed E-state index contributed by atoms with van der Waals surface area (Å²) in [5, 5.41) is 3.23. The van der Waals surface area contributed by atoms with Crippen LogP contribution in [0.1, 0.15) is 40.7 Å². The molecule has 3 nitrogen and oxygen atoms in total. The Labute approximate surface area is 138 Å². The van der Waals surface area contributed by atoms with E-state index in [9.17, 15) is 4.79 Å². The minimum absolute atomic E-state index is 0.135. The second kappa shape index (κ2) is 7.25. The molecule has 0 radical (unpaired) electrons. The number of nitrogens with one attached hydrogen (secondary N) is 1. The second-order valence-electron chi connectivity index (χ2n) is 4.97. The van der Waals surface area contributed by atoms with Crippen LogP contribution in [-0.4, -0.2) is 17.4 Å². The van der Waals surface area contributed by atoms with Gasteiger partial charge in [0.25, 0.3) is 5.91 Å². The van der Waals surface area contributed by atoms with Crippen LogP contribution in [0.4, 0.5) is 0 Å². The average molecular weight is 343 g/mol. The summed E-state index contributed by atoms with van der Waals surface area (Å²) in [6.07, 6.45) is 0.763. The predicted molar refractivity (Wildman–Crippen MR) is 88.7 cm³/mol. The Morgan fingerprint density at radius 1 is 1.33 bits per heavy atom. The number of pyridine rings is 1. The van der Waals surface area contributed by atoms with Crippen molar-refractivity contribution in [2.75, 3.05) is 6.54 Å². The monoisotopic (exact) mass is 342 g/mol. The maximum absolute atomic E-state index is 12.1. The molecule has 0 bridgehead atoms. The van der Waals surface area contributed by atoms with Crippen LogP contribution in [0.15, 0.2) is 24.3 Å². The van der Waals surface area contributed by atoms with E-state index < -0.39 is 0 Å². The Balaban J connectivity index is 1.96.